The Morgan fingerprint density at radius 2 is 1.85 bits per heavy atom. The van der Waals surface area contributed by atoms with Crippen molar-refractivity contribution >= 4 is 16.9 Å². The standard InChI is InChI=1S/C22H22O4/c1-3-4-6-11-19-18-13-12-17(25-15(2)23)14-20(18)26-22(24)21(19)16-9-7-5-8-10-16/h5,7-10,12-14H,3-4,6,11H2,1-2H3. The molecule has 2 aromatic carbocycles. The number of esters is 1. The molecule has 0 fully saturated rings. The molecule has 0 amide bonds. The van der Waals surface area contributed by atoms with Crippen molar-refractivity contribution in [3.8, 4) is 16.9 Å². The first kappa shape index (κ1) is 17.9. The molecule has 0 unspecified atom stereocenters. The van der Waals surface area contributed by atoms with Crippen LogP contribution in [0.1, 0.15) is 38.7 Å². The first-order valence-electron chi connectivity index (χ1n) is 8.93. The van der Waals surface area contributed by atoms with E-state index < -0.39 is 5.97 Å². The fourth-order valence-electron chi connectivity index (χ4n) is 3.18. The van der Waals surface area contributed by atoms with E-state index in [1.165, 1.54) is 6.92 Å². The highest BCUT2D eigenvalue weighted by Gasteiger charge is 2.17. The van der Waals surface area contributed by atoms with E-state index in [4.69, 9.17) is 9.15 Å². The summed E-state index contributed by atoms with van der Waals surface area (Å²) >= 11 is 0. The lowest BCUT2D eigenvalue weighted by Crippen LogP contribution is -2.09. The Kier molecular flexibility index (Phi) is 5.52. The van der Waals surface area contributed by atoms with Gasteiger partial charge in [-0.15, -0.1) is 0 Å². The average Bonchev–Trinajstić information content (AvgIpc) is 2.61. The molecule has 0 saturated carbocycles. The van der Waals surface area contributed by atoms with Crippen LogP contribution in [0.2, 0.25) is 0 Å². The lowest BCUT2D eigenvalue weighted by Gasteiger charge is -2.12. The largest absolute Gasteiger partial charge is 0.427 e. The van der Waals surface area contributed by atoms with E-state index in [-0.39, 0.29) is 5.63 Å². The Morgan fingerprint density at radius 3 is 2.54 bits per heavy atom. The number of aryl methyl sites for hydroxylation is 1. The summed E-state index contributed by atoms with van der Waals surface area (Å²) in [5.41, 5.74) is 2.55. The minimum Gasteiger partial charge on any atom is -0.427 e. The van der Waals surface area contributed by atoms with Crippen molar-refractivity contribution in [2.45, 2.75) is 39.5 Å². The van der Waals surface area contributed by atoms with Gasteiger partial charge in [-0.2, -0.15) is 0 Å². The maximum atomic E-state index is 12.7. The van der Waals surface area contributed by atoms with E-state index in [2.05, 4.69) is 6.92 Å². The zero-order valence-electron chi connectivity index (χ0n) is 15.1. The Bertz CT molecular complexity index is 971. The highest BCUT2D eigenvalue weighted by molar-refractivity contribution is 5.88. The Labute approximate surface area is 152 Å². The molecule has 4 heteroatoms. The van der Waals surface area contributed by atoms with Crippen LogP contribution in [-0.2, 0) is 11.2 Å². The van der Waals surface area contributed by atoms with E-state index in [1.54, 1.807) is 12.1 Å². The quantitative estimate of drug-likeness (QED) is 0.268. The molecule has 0 radical (unpaired) electrons. The highest BCUT2D eigenvalue weighted by Crippen LogP contribution is 2.31. The average molecular weight is 350 g/mol. The Hall–Kier alpha value is -2.88. The third kappa shape index (κ3) is 3.85. The van der Waals surface area contributed by atoms with Gasteiger partial charge >= 0.3 is 11.6 Å². The minimum atomic E-state index is -0.407. The van der Waals surface area contributed by atoms with Gasteiger partial charge in [0.1, 0.15) is 11.3 Å². The molecular formula is C22H22O4. The summed E-state index contributed by atoms with van der Waals surface area (Å²) in [7, 11) is 0. The summed E-state index contributed by atoms with van der Waals surface area (Å²) < 4.78 is 10.7. The molecular weight excluding hydrogens is 328 g/mol. The van der Waals surface area contributed by atoms with Gasteiger partial charge < -0.3 is 9.15 Å². The fraction of sp³-hybridized carbons (Fsp3) is 0.273. The van der Waals surface area contributed by atoms with Gasteiger partial charge in [0, 0.05) is 18.4 Å². The highest BCUT2D eigenvalue weighted by atomic mass is 16.5. The molecule has 0 bridgehead atoms. The number of benzene rings is 2. The molecule has 3 rings (SSSR count). The second-order valence-corrected chi connectivity index (χ2v) is 6.32. The summed E-state index contributed by atoms with van der Waals surface area (Å²) in [4.78, 5) is 23.9. The van der Waals surface area contributed by atoms with Gasteiger partial charge in [-0.05, 0) is 36.1 Å². The number of carbonyl (C=O) groups is 1. The van der Waals surface area contributed by atoms with Gasteiger partial charge in [0.25, 0.3) is 0 Å². The summed E-state index contributed by atoms with van der Waals surface area (Å²) in [5.74, 6) is -0.0316. The predicted molar refractivity (Wildman–Crippen MR) is 102 cm³/mol. The fourth-order valence-corrected chi connectivity index (χ4v) is 3.18. The summed E-state index contributed by atoms with van der Waals surface area (Å²) in [6, 6.07) is 14.8. The van der Waals surface area contributed by atoms with Gasteiger partial charge in [0.2, 0.25) is 0 Å². The molecule has 26 heavy (non-hydrogen) atoms. The van der Waals surface area contributed by atoms with Crippen molar-refractivity contribution < 1.29 is 13.9 Å². The van der Waals surface area contributed by atoms with Crippen LogP contribution >= 0.6 is 0 Å². The monoisotopic (exact) mass is 350 g/mol. The molecule has 0 saturated heterocycles. The molecule has 0 aliphatic rings. The maximum Gasteiger partial charge on any atom is 0.344 e. The SMILES string of the molecule is CCCCCc1c(-c2ccccc2)c(=O)oc2cc(OC(C)=O)ccc12. The minimum absolute atomic E-state index is 0.366. The Morgan fingerprint density at radius 1 is 1.08 bits per heavy atom. The van der Waals surface area contributed by atoms with Crippen LogP contribution in [0.3, 0.4) is 0 Å². The van der Waals surface area contributed by atoms with Crippen molar-refractivity contribution in [3.05, 3.63) is 64.5 Å². The molecule has 134 valence electrons. The molecule has 0 N–H and O–H groups in total. The molecule has 0 atom stereocenters. The van der Waals surface area contributed by atoms with Crippen LogP contribution in [0, 0.1) is 0 Å². The number of fused-ring (bicyclic) bond motifs is 1. The Balaban J connectivity index is 2.19. The normalized spacial score (nSPS) is 10.8. The van der Waals surface area contributed by atoms with E-state index in [0.717, 1.165) is 42.2 Å². The smallest absolute Gasteiger partial charge is 0.344 e. The van der Waals surface area contributed by atoms with E-state index in [9.17, 15) is 9.59 Å². The number of hydrogen-bond donors (Lipinski definition) is 0. The molecule has 1 aromatic heterocycles. The second-order valence-electron chi connectivity index (χ2n) is 6.32. The van der Waals surface area contributed by atoms with Gasteiger partial charge in [0.15, 0.2) is 0 Å². The van der Waals surface area contributed by atoms with Gasteiger partial charge in [-0.3, -0.25) is 4.79 Å². The molecule has 3 aromatic rings. The molecule has 0 aliphatic heterocycles. The van der Waals surface area contributed by atoms with Gasteiger partial charge in [-0.1, -0.05) is 50.1 Å². The second kappa shape index (κ2) is 8.00. The molecule has 4 nitrogen and oxygen atoms in total. The number of ether oxygens (including phenoxy) is 1. The first-order chi connectivity index (χ1) is 12.6. The van der Waals surface area contributed by atoms with Crippen LogP contribution in [0.5, 0.6) is 5.75 Å². The van der Waals surface area contributed by atoms with Gasteiger partial charge in [0.05, 0.1) is 5.56 Å². The number of hydrogen-bond acceptors (Lipinski definition) is 4. The van der Waals surface area contributed by atoms with Crippen LogP contribution in [0.15, 0.2) is 57.7 Å². The van der Waals surface area contributed by atoms with Crippen LogP contribution in [0.25, 0.3) is 22.1 Å². The van der Waals surface area contributed by atoms with Gasteiger partial charge in [-0.25, -0.2) is 4.79 Å². The van der Waals surface area contributed by atoms with Crippen molar-refractivity contribution in [2.75, 3.05) is 0 Å². The summed E-state index contributed by atoms with van der Waals surface area (Å²) in [6.07, 6.45) is 4.01. The summed E-state index contributed by atoms with van der Waals surface area (Å²) in [6.45, 7) is 3.50. The number of unbranched alkanes of at least 4 members (excludes halogenated alkanes) is 2. The lowest BCUT2D eigenvalue weighted by molar-refractivity contribution is -0.131. The van der Waals surface area contributed by atoms with E-state index >= 15 is 0 Å². The third-order valence-corrected chi connectivity index (χ3v) is 4.34. The van der Waals surface area contributed by atoms with Crippen LogP contribution < -0.4 is 10.4 Å². The van der Waals surface area contributed by atoms with Crippen LogP contribution in [-0.4, -0.2) is 5.97 Å². The predicted octanol–water partition coefficient (Wildman–Crippen LogP) is 5.12. The van der Waals surface area contributed by atoms with Crippen molar-refractivity contribution in [1.29, 1.82) is 0 Å². The van der Waals surface area contributed by atoms with E-state index in [1.807, 2.05) is 36.4 Å². The number of carbonyl (C=O) groups excluding carboxylic acids is 1. The van der Waals surface area contributed by atoms with Crippen molar-refractivity contribution in [3.63, 3.8) is 0 Å². The first-order valence-corrected chi connectivity index (χ1v) is 8.93. The van der Waals surface area contributed by atoms with Crippen molar-refractivity contribution in [1.82, 2.24) is 0 Å². The zero-order chi connectivity index (χ0) is 18.5. The third-order valence-electron chi connectivity index (χ3n) is 4.34. The topological polar surface area (TPSA) is 56.5 Å². The van der Waals surface area contributed by atoms with Crippen molar-refractivity contribution in [2.24, 2.45) is 0 Å². The van der Waals surface area contributed by atoms with E-state index in [0.29, 0.717) is 16.9 Å². The molecule has 0 aliphatic carbocycles. The molecule has 1 heterocycles. The maximum absolute atomic E-state index is 12.7. The number of rotatable bonds is 6. The summed E-state index contributed by atoms with van der Waals surface area (Å²) in [5, 5.41) is 0.885. The van der Waals surface area contributed by atoms with Crippen LogP contribution in [0.4, 0.5) is 0 Å². The zero-order valence-corrected chi connectivity index (χ0v) is 15.1. The lowest BCUT2D eigenvalue weighted by atomic mass is 9.94. The molecule has 0 spiro atoms.